The van der Waals surface area contributed by atoms with E-state index in [-0.39, 0.29) is 5.75 Å². The molecule has 0 heterocycles. The lowest BCUT2D eigenvalue weighted by molar-refractivity contribution is -0.145. The van der Waals surface area contributed by atoms with Crippen molar-refractivity contribution in [1.29, 1.82) is 0 Å². The second-order valence-electron chi connectivity index (χ2n) is 2.11. The van der Waals surface area contributed by atoms with Gasteiger partial charge in [0.2, 0.25) is 0 Å². The third-order valence-electron chi connectivity index (χ3n) is 1.22. The molecule has 0 aliphatic carbocycles. The number of nitroso groups, excluding NO2 is 1. The van der Waals surface area contributed by atoms with Crippen LogP contribution in [0.2, 0.25) is 0 Å². The normalized spacial score (nSPS) is 11.8. The summed E-state index contributed by atoms with van der Waals surface area (Å²) in [4.78, 5) is 30.6. The van der Waals surface area contributed by atoms with E-state index in [1.165, 1.54) is 0 Å². The molecule has 0 saturated carbocycles. The highest BCUT2D eigenvalue weighted by Gasteiger charge is 2.25. The van der Waals surface area contributed by atoms with E-state index in [1.807, 2.05) is 0 Å². The number of carboxylic acid groups (broad SMARTS) is 2. The van der Waals surface area contributed by atoms with E-state index >= 15 is 0 Å². The van der Waals surface area contributed by atoms with Gasteiger partial charge in [-0.1, -0.05) is 0 Å². The van der Waals surface area contributed by atoms with Crippen molar-refractivity contribution >= 4 is 24.6 Å². The largest absolute Gasteiger partial charge is 0.480 e. The van der Waals surface area contributed by atoms with Gasteiger partial charge in [-0.05, 0) is 0 Å². The fraction of sp³-hybridized carbons (Fsp3) is 0.600. The minimum Gasteiger partial charge on any atom is -0.480 e. The van der Waals surface area contributed by atoms with Gasteiger partial charge in [-0.25, -0.2) is 9.80 Å². The van der Waals surface area contributed by atoms with Crippen LogP contribution in [-0.2, 0) is 9.59 Å². The molecule has 0 radical (unpaired) electrons. The first-order valence-electron chi connectivity index (χ1n) is 3.18. The van der Waals surface area contributed by atoms with Crippen LogP contribution in [-0.4, -0.2) is 45.5 Å². The Labute approximate surface area is 78.7 Å². The van der Waals surface area contributed by atoms with E-state index in [0.717, 1.165) is 0 Å². The highest BCUT2D eigenvalue weighted by atomic mass is 32.1. The molecule has 8 heteroatoms. The Hall–Kier alpha value is -1.31. The number of hydrogen-bond donors (Lipinski definition) is 3. The summed E-state index contributed by atoms with van der Waals surface area (Å²) in [6.45, 7) is -0.749. The fourth-order valence-corrected chi connectivity index (χ4v) is 0.979. The van der Waals surface area contributed by atoms with Gasteiger partial charge in [-0.3, -0.25) is 4.79 Å². The molecular formula is C5H8N2O5S. The van der Waals surface area contributed by atoms with Gasteiger partial charge in [-0.15, -0.1) is 4.91 Å². The molecule has 0 aliphatic heterocycles. The molecule has 0 fully saturated rings. The summed E-state index contributed by atoms with van der Waals surface area (Å²) >= 11 is 3.66. The lowest BCUT2D eigenvalue weighted by Crippen LogP contribution is -2.41. The van der Waals surface area contributed by atoms with Crippen molar-refractivity contribution in [2.75, 3.05) is 12.3 Å². The summed E-state index contributed by atoms with van der Waals surface area (Å²) in [7, 11) is 0. The average Bonchev–Trinajstić information content (AvgIpc) is 2.02. The van der Waals surface area contributed by atoms with Crippen LogP contribution in [0.1, 0.15) is 0 Å². The zero-order valence-corrected chi connectivity index (χ0v) is 7.35. The number of aliphatic carboxylic acids is 2. The van der Waals surface area contributed by atoms with Gasteiger partial charge in [-0.2, -0.15) is 12.6 Å². The summed E-state index contributed by atoms with van der Waals surface area (Å²) in [5, 5.41) is 19.5. The number of thiol groups is 1. The van der Waals surface area contributed by atoms with Gasteiger partial charge in [0.15, 0.2) is 6.04 Å². The van der Waals surface area contributed by atoms with Crippen molar-refractivity contribution in [3.8, 4) is 0 Å². The zero-order valence-electron chi connectivity index (χ0n) is 6.45. The van der Waals surface area contributed by atoms with E-state index in [1.54, 1.807) is 0 Å². The lowest BCUT2D eigenvalue weighted by atomic mass is 10.3. The van der Waals surface area contributed by atoms with Crippen molar-refractivity contribution < 1.29 is 19.8 Å². The Morgan fingerprint density at radius 1 is 1.46 bits per heavy atom. The summed E-state index contributed by atoms with van der Waals surface area (Å²) in [5.41, 5.74) is 0. The molecular weight excluding hydrogens is 200 g/mol. The molecule has 0 aromatic carbocycles. The van der Waals surface area contributed by atoms with Crippen molar-refractivity contribution in [1.82, 2.24) is 5.01 Å². The quantitative estimate of drug-likeness (QED) is 0.307. The van der Waals surface area contributed by atoms with E-state index in [0.29, 0.717) is 5.01 Å². The van der Waals surface area contributed by atoms with Gasteiger partial charge in [0, 0.05) is 5.75 Å². The monoisotopic (exact) mass is 208 g/mol. The van der Waals surface area contributed by atoms with Crippen LogP contribution in [0.25, 0.3) is 0 Å². The second kappa shape index (κ2) is 5.36. The first-order valence-corrected chi connectivity index (χ1v) is 3.81. The average molecular weight is 208 g/mol. The standard InChI is InChI=1S/C5H8N2O5S/c8-4(9)1-7(6-12)3(2-13)5(10)11/h3,13H,1-2H2,(H,8,9)(H,10,11)/t3-/m0/s1. The smallest absolute Gasteiger partial charge is 0.329 e. The molecule has 0 amide bonds. The van der Waals surface area contributed by atoms with Crippen LogP contribution in [0.5, 0.6) is 0 Å². The van der Waals surface area contributed by atoms with Crippen LogP contribution in [0, 0.1) is 4.91 Å². The molecule has 1 atom stereocenters. The second-order valence-corrected chi connectivity index (χ2v) is 2.47. The number of carboxylic acids is 2. The molecule has 0 saturated heterocycles. The van der Waals surface area contributed by atoms with Crippen molar-refractivity contribution in [2.24, 2.45) is 5.29 Å². The number of rotatable bonds is 6. The predicted octanol–water partition coefficient (Wildman–Crippen LogP) is -0.563. The van der Waals surface area contributed by atoms with E-state index in [2.05, 4.69) is 17.9 Å². The Balaban J connectivity index is 4.42. The predicted molar refractivity (Wildman–Crippen MR) is 45.4 cm³/mol. The topological polar surface area (TPSA) is 107 Å². The molecule has 0 rings (SSSR count). The van der Waals surface area contributed by atoms with Crippen LogP contribution >= 0.6 is 12.6 Å². The first kappa shape index (κ1) is 11.7. The third-order valence-corrected chi connectivity index (χ3v) is 1.57. The minimum absolute atomic E-state index is 0.186. The first-order chi connectivity index (χ1) is 6.02. The molecule has 0 unspecified atom stereocenters. The van der Waals surface area contributed by atoms with Crippen molar-refractivity contribution in [3.05, 3.63) is 4.91 Å². The third kappa shape index (κ3) is 3.74. The van der Waals surface area contributed by atoms with Gasteiger partial charge >= 0.3 is 11.9 Å². The SMILES string of the molecule is O=NN(CC(=O)O)[C@@H](CS)C(=O)O. The minimum atomic E-state index is -1.34. The maximum atomic E-state index is 10.4. The van der Waals surface area contributed by atoms with E-state index < -0.39 is 24.5 Å². The van der Waals surface area contributed by atoms with Crippen molar-refractivity contribution in [3.63, 3.8) is 0 Å². The Kier molecular flexibility index (Phi) is 4.82. The molecule has 0 aliphatic rings. The zero-order chi connectivity index (χ0) is 10.4. The number of hydrogen-bond acceptors (Lipinski definition) is 5. The van der Waals surface area contributed by atoms with Crippen LogP contribution < -0.4 is 0 Å². The molecule has 74 valence electrons. The van der Waals surface area contributed by atoms with Gasteiger partial charge < -0.3 is 10.2 Å². The Morgan fingerprint density at radius 2 is 2.00 bits per heavy atom. The highest BCUT2D eigenvalue weighted by Crippen LogP contribution is 2.02. The summed E-state index contributed by atoms with van der Waals surface area (Å²) in [6, 6.07) is -1.31. The summed E-state index contributed by atoms with van der Waals surface area (Å²) in [5.74, 6) is -2.85. The van der Waals surface area contributed by atoms with Crippen molar-refractivity contribution in [2.45, 2.75) is 6.04 Å². The van der Waals surface area contributed by atoms with E-state index in [9.17, 15) is 14.5 Å². The number of carbonyl (C=O) groups is 2. The molecule has 7 nitrogen and oxygen atoms in total. The van der Waals surface area contributed by atoms with Crippen LogP contribution in [0.3, 0.4) is 0 Å². The molecule has 0 spiro atoms. The summed E-state index contributed by atoms with van der Waals surface area (Å²) < 4.78 is 0. The Bertz CT molecular complexity index is 221. The number of nitrogens with zero attached hydrogens (tertiary/aromatic N) is 2. The van der Waals surface area contributed by atoms with Crippen LogP contribution in [0.15, 0.2) is 5.29 Å². The molecule has 13 heavy (non-hydrogen) atoms. The summed E-state index contributed by atoms with van der Waals surface area (Å²) in [6.07, 6.45) is 0. The van der Waals surface area contributed by atoms with E-state index in [4.69, 9.17) is 10.2 Å². The fourth-order valence-electron chi connectivity index (χ4n) is 0.634. The molecule has 0 bridgehead atoms. The lowest BCUT2D eigenvalue weighted by Gasteiger charge is -2.18. The highest BCUT2D eigenvalue weighted by molar-refractivity contribution is 7.80. The Morgan fingerprint density at radius 3 is 2.23 bits per heavy atom. The van der Waals surface area contributed by atoms with Gasteiger partial charge in [0.05, 0.1) is 5.29 Å². The molecule has 0 aromatic heterocycles. The molecule has 2 N–H and O–H groups in total. The van der Waals surface area contributed by atoms with Crippen LogP contribution in [0.4, 0.5) is 0 Å². The van der Waals surface area contributed by atoms with Gasteiger partial charge in [0.1, 0.15) is 6.54 Å². The van der Waals surface area contributed by atoms with Gasteiger partial charge in [0.25, 0.3) is 0 Å². The maximum Gasteiger partial charge on any atom is 0.329 e. The maximum absolute atomic E-state index is 10.4. The molecule has 0 aromatic rings.